The van der Waals surface area contributed by atoms with Gasteiger partial charge in [-0.1, -0.05) is 6.92 Å². The fourth-order valence-corrected chi connectivity index (χ4v) is 2.39. The molecule has 1 fully saturated rings. The van der Waals surface area contributed by atoms with Crippen LogP contribution in [0.5, 0.6) is 0 Å². The van der Waals surface area contributed by atoms with Crippen molar-refractivity contribution >= 4 is 21.7 Å². The van der Waals surface area contributed by atoms with Gasteiger partial charge in [-0.15, -0.1) is 0 Å². The Morgan fingerprint density at radius 3 is 2.68 bits per heavy atom. The highest BCUT2D eigenvalue weighted by Crippen LogP contribution is 2.42. The van der Waals surface area contributed by atoms with E-state index in [2.05, 4.69) is 38.1 Å². The molecule has 0 radical (unpaired) electrons. The van der Waals surface area contributed by atoms with Crippen LogP contribution in [0.25, 0.3) is 0 Å². The third kappa shape index (κ3) is 3.66. The number of rotatable bonds is 7. The van der Waals surface area contributed by atoms with E-state index in [1.54, 1.807) is 0 Å². The average Bonchev–Trinajstić information content (AvgIpc) is 3.22. The van der Waals surface area contributed by atoms with Gasteiger partial charge >= 0.3 is 0 Å². The molecule has 0 aromatic carbocycles. The van der Waals surface area contributed by atoms with E-state index in [1.165, 1.54) is 12.8 Å². The summed E-state index contributed by atoms with van der Waals surface area (Å²) in [6.45, 7) is 7.79. The normalized spacial score (nSPS) is 16.4. The summed E-state index contributed by atoms with van der Waals surface area (Å²) in [5.74, 6) is 2.30. The molecule has 19 heavy (non-hydrogen) atoms. The number of halogens is 1. The number of ether oxygens (including phenoxy) is 1. The SMILES string of the molecule is CCCNc1nc(C(OCC)C2CC2)nc(C)c1Br. The van der Waals surface area contributed by atoms with Crippen LogP contribution in [0.1, 0.15) is 50.7 Å². The van der Waals surface area contributed by atoms with Gasteiger partial charge in [-0.25, -0.2) is 9.97 Å². The topological polar surface area (TPSA) is 47.0 Å². The van der Waals surface area contributed by atoms with Crippen LogP contribution in [0.15, 0.2) is 4.47 Å². The summed E-state index contributed by atoms with van der Waals surface area (Å²) in [6.07, 6.45) is 3.57. The van der Waals surface area contributed by atoms with Gasteiger partial charge in [-0.2, -0.15) is 0 Å². The maximum absolute atomic E-state index is 5.84. The Labute approximate surface area is 123 Å². The summed E-state index contributed by atoms with van der Waals surface area (Å²) in [4.78, 5) is 9.26. The first-order chi connectivity index (χ1) is 9.17. The number of aromatic nitrogens is 2. The van der Waals surface area contributed by atoms with E-state index < -0.39 is 0 Å². The maximum atomic E-state index is 5.84. The minimum absolute atomic E-state index is 0.0546. The molecule has 0 bridgehead atoms. The van der Waals surface area contributed by atoms with Gasteiger partial charge in [0.15, 0.2) is 5.82 Å². The summed E-state index contributed by atoms with van der Waals surface area (Å²) >= 11 is 3.56. The molecule has 1 unspecified atom stereocenters. The van der Waals surface area contributed by atoms with Gasteiger partial charge in [0.05, 0.1) is 10.2 Å². The molecule has 1 aliphatic carbocycles. The van der Waals surface area contributed by atoms with Crippen LogP contribution in [0.3, 0.4) is 0 Å². The van der Waals surface area contributed by atoms with Gasteiger partial charge in [0.1, 0.15) is 11.9 Å². The van der Waals surface area contributed by atoms with E-state index in [1.807, 2.05) is 13.8 Å². The standard InChI is InChI=1S/C14H22BrN3O/c1-4-8-16-13-11(15)9(3)17-14(18-13)12(19-5-2)10-6-7-10/h10,12H,4-8H2,1-3H3,(H,16,17,18). The largest absolute Gasteiger partial charge is 0.370 e. The molecular formula is C14H22BrN3O. The van der Waals surface area contributed by atoms with Crippen LogP contribution in [-0.4, -0.2) is 23.1 Å². The molecule has 1 aliphatic rings. The summed E-state index contributed by atoms with van der Waals surface area (Å²) < 4.78 is 6.79. The van der Waals surface area contributed by atoms with E-state index in [4.69, 9.17) is 4.74 Å². The van der Waals surface area contributed by atoms with E-state index in [0.717, 1.165) is 34.8 Å². The molecule has 0 aliphatic heterocycles. The van der Waals surface area contributed by atoms with Gasteiger partial charge in [-0.3, -0.25) is 0 Å². The molecule has 0 amide bonds. The number of nitrogens with zero attached hydrogens (tertiary/aromatic N) is 2. The average molecular weight is 328 g/mol. The molecule has 0 spiro atoms. The van der Waals surface area contributed by atoms with E-state index in [-0.39, 0.29) is 6.10 Å². The Morgan fingerprint density at radius 1 is 1.37 bits per heavy atom. The zero-order valence-electron chi connectivity index (χ0n) is 11.9. The van der Waals surface area contributed by atoms with Crippen LogP contribution in [0, 0.1) is 12.8 Å². The molecule has 1 saturated carbocycles. The van der Waals surface area contributed by atoms with Gasteiger partial charge in [0.25, 0.3) is 0 Å². The molecule has 5 heteroatoms. The van der Waals surface area contributed by atoms with E-state index in [9.17, 15) is 0 Å². The molecular weight excluding hydrogens is 306 g/mol. The fourth-order valence-electron chi connectivity index (χ4n) is 2.07. The van der Waals surface area contributed by atoms with Crippen molar-refractivity contribution in [2.75, 3.05) is 18.5 Å². The van der Waals surface area contributed by atoms with Crippen LogP contribution in [0.2, 0.25) is 0 Å². The monoisotopic (exact) mass is 327 g/mol. The molecule has 1 N–H and O–H groups in total. The number of hydrogen-bond acceptors (Lipinski definition) is 4. The fraction of sp³-hybridized carbons (Fsp3) is 0.714. The van der Waals surface area contributed by atoms with Crippen LogP contribution < -0.4 is 5.32 Å². The Hall–Kier alpha value is -0.680. The number of anilines is 1. The maximum Gasteiger partial charge on any atom is 0.160 e. The molecule has 2 rings (SSSR count). The zero-order valence-corrected chi connectivity index (χ0v) is 13.5. The second kappa shape index (κ2) is 6.66. The first kappa shape index (κ1) is 14.7. The van der Waals surface area contributed by atoms with Crippen LogP contribution in [-0.2, 0) is 4.74 Å². The Bertz CT molecular complexity index is 435. The Kier molecular flexibility index (Phi) is 5.16. The second-order valence-electron chi connectivity index (χ2n) is 4.97. The molecule has 1 aromatic heterocycles. The predicted octanol–water partition coefficient (Wildman–Crippen LogP) is 3.86. The van der Waals surface area contributed by atoms with Crippen molar-refractivity contribution in [3.8, 4) is 0 Å². The molecule has 1 heterocycles. The lowest BCUT2D eigenvalue weighted by Crippen LogP contribution is -2.14. The summed E-state index contributed by atoms with van der Waals surface area (Å²) in [6, 6.07) is 0. The van der Waals surface area contributed by atoms with Crippen molar-refractivity contribution in [1.29, 1.82) is 0 Å². The third-order valence-corrected chi connectivity index (χ3v) is 4.18. The highest BCUT2D eigenvalue weighted by molar-refractivity contribution is 9.10. The number of nitrogens with one attached hydrogen (secondary N) is 1. The van der Waals surface area contributed by atoms with Gasteiger partial charge in [0, 0.05) is 13.2 Å². The van der Waals surface area contributed by atoms with Gasteiger partial charge in [-0.05, 0) is 55.0 Å². The first-order valence-corrected chi connectivity index (χ1v) is 7.86. The lowest BCUT2D eigenvalue weighted by Gasteiger charge is -2.17. The quantitative estimate of drug-likeness (QED) is 0.826. The third-order valence-electron chi connectivity index (χ3n) is 3.23. The summed E-state index contributed by atoms with van der Waals surface area (Å²) in [5, 5.41) is 3.35. The highest BCUT2D eigenvalue weighted by atomic mass is 79.9. The highest BCUT2D eigenvalue weighted by Gasteiger charge is 2.35. The Balaban J connectivity index is 2.25. The molecule has 1 atom stereocenters. The minimum atomic E-state index is 0.0546. The minimum Gasteiger partial charge on any atom is -0.370 e. The lowest BCUT2D eigenvalue weighted by atomic mass is 10.2. The molecule has 4 nitrogen and oxygen atoms in total. The predicted molar refractivity (Wildman–Crippen MR) is 80.3 cm³/mol. The van der Waals surface area contributed by atoms with Gasteiger partial charge < -0.3 is 10.1 Å². The van der Waals surface area contributed by atoms with Crippen molar-refractivity contribution in [3.05, 3.63) is 16.0 Å². The van der Waals surface area contributed by atoms with Gasteiger partial charge in [0.2, 0.25) is 0 Å². The van der Waals surface area contributed by atoms with E-state index >= 15 is 0 Å². The summed E-state index contributed by atoms with van der Waals surface area (Å²) in [7, 11) is 0. The number of hydrogen-bond donors (Lipinski definition) is 1. The smallest absolute Gasteiger partial charge is 0.160 e. The van der Waals surface area contributed by atoms with Crippen molar-refractivity contribution in [2.24, 2.45) is 5.92 Å². The van der Waals surface area contributed by atoms with Crippen LogP contribution in [0.4, 0.5) is 5.82 Å². The number of aryl methyl sites for hydroxylation is 1. The molecule has 106 valence electrons. The van der Waals surface area contributed by atoms with Crippen LogP contribution >= 0.6 is 15.9 Å². The van der Waals surface area contributed by atoms with Crippen molar-refractivity contribution in [3.63, 3.8) is 0 Å². The van der Waals surface area contributed by atoms with Crippen molar-refractivity contribution < 1.29 is 4.74 Å². The lowest BCUT2D eigenvalue weighted by molar-refractivity contribution is 0.0400. The zero-order chi connectivity index (χ0) is 13.8. The first-order valence-electron chi connectivity index (χ1n) is 7.06. The second-order valence-corrected chi connectivity index (χ2v) is 5.76. The van der Waals surface area contributed by atoms with Crippen molar-refractivity contribution in [2.45, 2.75) is 46.1 Å². The molecule has 1 aromatic rings. The molecule has 0 saturated heterocycles. The Morgan fingerprint density at radius 2 is 2.11 bits per heavy atom. The summed E-state index contributed by atoms with van der Waals surface area (Å²) in [5.41, 5.74) is 0.967. The van der Waals surface area contributed by atoms with E-state index in [0.29, 0.717) is 12.5 Å². The van der Waals surface area contributed by atoms with Crippen molar-refractivity contribution in [1.82, 2.24) is 9.97 Å².